The zero-order chi connectivity index (χ0) is 40.1. The minimum atomic E-state index is -3.23. The van der Waals surface area contributed by atoms with Gasteiger partial charge in [0.1, 0.15) is 23.1 Å². The summed E-state index contributed by atoms with van der Waals surface area (Å²) in [6.07, 6.45) is 4.89. The summed E-state index contributed by atoms with van der Waals surface area (Å²) in [4.78, 5) is 23.6. The monoisotopic (exact) mass is 788 g/mol. The first-order valence-corrected chi connectivity index (χ1v) is 21.5. The van der Waals surface area contributed by atoms with Crippen molar-refractivity contribution < 1.29 is 18.6 Å². The molecule has 8 rings (SSSR count). The van der Waals surface area contributed by atoms with Crippen LogP contribution in [0.15, 0.2) is 84.9 Å². The Morgan fingerprint density at radius 1 is 0.684 bits per heavy atom. The smallest absolute Gasteiger partial charge is 0.211 e. The van der Waals surface area contributed by atoms with E-state index in [1.165, 1.54) is 0 Å². The summed E-state index contributed by atoms with van der Waals surface area (Å²) in [6.45, 7) is 9.24. The maximum Gasteiger partial charge on any atom is 0.211 e. The van der Waals surface area contributed by atoms with E-state index in [0.29, 0.717) is 55.1 Å². The molecule has 4 aromatic carbocycles. The van der Waals surface area contributed by atoms with Crippen molar-refractivity contribution in [3.05, 3.63) is 96.1 Å². The van der Waals surface area contributed by atoms with Crippen LogP contribution in [0.3, 0.4) is 0 Å². The number of benzene rings is 4. The van der Waals surface area contributed by atoms with Crippen LogP contribution < -0.4 is 20.3 Å². The number of anilines is 2. The highest BCUT2D eigenvalue weighted by Crippen LogP contribution is 2.35. The highest BCUT2D eigenvalue weighted by Gasteiger charge is 2.26. The summed E-state index contributed by atoms with van der Waals surface area (Å²) >= 11 is 0. The molecule has 2 aromatic heterocycles. The number of rotatable bonds is 9. The SMILES string of the molecule is CCCCS(=O)(=O)NC1CCN(c2nc(-c3ccccc3O)nc3cc(C)ccc23)CC1.Cc1ccc2c(N3CCC(N)CC3)nc(-c3ccccc3O)nc2c1. The van der Waals surface area contributed by atoms with Gasteiger partial charge in [-0.05, 0) is 106 Å². The zero-order valence-electron chi connectivity index (χ0n) is 32.9. The number of aryl methyl sites for hydroxylation is 2. The van der Waals surface area contributed by atoms with Gasteiger partial charge in [-0.3, -0.25) is 0 Å². The second-order valence-corrected chi connectivity index (χ2v) is 17.1. The van der Waals surface area contributed by atoms with E-state index in [-0.39, 0.29) is 29.3 Å². The van der Waals surface area contributed by atoms with Crippen LogP contribution in [0.4, 0.5) is 11.6 Å². The van der Waals surface area contributed by atoms with Crippen LogP contribution in [0.5, 0.6) is 11.5 Å². The topological polar surface area (TPSA) is 171 Å². The Hall–Kier alpha value is -5.37. The number of hydrogen-bond donors (Lipinski definition) is 4. The largest absolute Gasteiger partial charge is 0.507 e. The fourth-order valence-electron chi connectivity index (χ4n) is 7.46. The molecule has 0 aliphatic carbocycles. The molecule has 2 aliphatic heterocycles. The molecule has 0 saturated carbocycles. The minimum Gasteiger partial charge on any atom is -0.507 e. The molecule has 0 bridgehead atoms. The molecule has 298 valence electrons. The van der Waals surface area contributed by atoms with E-state index in [4.69, 9.17) is 25.7 Å². The fraction of sp³-hybridized carbons (Fsp3) is 0.364. The predicted octanol–water partition coefficient (Wildman–Crippen LogP) is 7.24. The third-order valence-electron chi connectivity index (χ3n) is 10.7. The lowest BCUT2D eigenvalue weighted by Gasteiger charge is -2.33. The molecule has 0 amide bonds. The Balaban J connectivity index is 0.000000179. The number of aromatic nitrogens is 4. The van der Waals surface area contributed by atoms with Gasteiger partial charge in [0, 0.05) is 49.0 Å². The molecular weight excluding hydrogens is 737 g/mol. The van der Waals surface area contributed by atoms with Gasteiger partial charge in [0.2, 0.25) is 10.0 Å². The quantitative estimate of drug-likeness (QED) is 0.117. The van der Waals surface area contributed by atoms with Crippen molar-refractivity contribution in [2.75, 3.05) is 41.7 Å². The fourth-order valence-corrected chi connectivity index (χ4v) is 8.99. The number of nitrogens with zero attached hydrogens (tertiary/aromatic N) is 6. The third kappa shape index (κ3) is 9.44. The minimum absolute atomic E-state index is 0.0545. The molecule has 5 N–H and O–H groups in total. The van der Waals surface area contributed by atoms with Gasteiger partial charge in [-0.2, -0.15) is 0 Å². The van der Waals surface area contributed by atoms with Gasteiger partial charge in [-0.1, -0.05) is 49.7 Å². The first-order chi connectivity index (χ1) is 27.5. The number of phenolic OH excluding ortho intramolecular Hbond substituents is 2. The van der Waals surface area contributed by atoms with Crippen LogP contribution in [0, 0.1) is 13.8 Å². The Kier molecular flexibility index (Phi) is 12.2. The molecule has 2 saturated heterocycles. The predicted molar refractivity (Wildman–Crippen MR) is 229 cm³/mol. The highest BCUT2D eigenvalue weighted by atomic mass is 32.2. The highest BCUT2D eigenvalue weighted by molar-refractivity contribution is 7.89. The molecule has 12 nitrogen and oxygen atoms in total. The van der Waals surface area contributed by atoms with E-state index in [1.54, 1.807) is 24.3 Å². The second-order valence-electron chi connectivity index (χ2n) is 15.2. The van der Waals surface area contributed by atoms with Crippen molar-refractivity contribution in [3.63, 3.8) is 0 Å². The number of unbranched alkanes of at least 4 members (excludes halogenated alkanes) is 1. The molecule has 13 heteroatoms. The lowest BCUT2D eigenvalue weighted by molar-refractivity contribution is 0.458. The molecular formula is C44H52N8O4S. The zero-order valence-corrected chi connectivity index (χ0v) is 33.7. The van der Waals surface area contributed by atoms with Crippen molar-refractivity contribution in [2.24, 2.45) is 5.73 Å². The van der Waals surface area contributed by atoms with E-state index < -0.39 is 10.0 Å². The number of fused-ring (bicyclic) bond motifs is 2. The Bertz CT molecular complexity index is 2460. The number of nitrogens with one attached hydrogen (secondary N) is 1. The van der Waals surface area contributed by atoms with Gasteiger partial charge in [0.25, 0.3) is 0 Å². The van der Waals surface area contributed by atoms with Crippen LogP contribution in [0.1, 0.15) is 56.6 Å². The van der Waals surface area contributed by atoms with Crippen LogP contribution in [0.25, 0.3) is 44.6 Å². The summed E-state index contributed by atoms with van der Waals surface area (Å²) in [5.41, 5.74) is 11.3. The average molecular weight is 789 g/mol. The van der Waals surface area contributed by atoms with E-state index in [9.17, 15) is 18.6 Å². The van der Waals surface area contributed by atoms with E-state index in [2.05, 4.69) is 39.6 Å². The number of hydrogen-bond acceptors (Lipinski definition) is 11. The summed E-state index contributed by atoms with van der Waals surface area (Å²) < 4.78 is 27.4. The molecule has 0 radical (unpaired) electrons. The van der Waals surface area contributed by atoms with Crippen molar-refractivity contribution >= 4 is 43.5 Å². The molecule has 2 aliphatic rings. The number of piperidine rings is 2. The normalized spacial score (nSPS) is 15.5. The van der Waals surface area contributed by atoms with Crippen molar-refractivity contribution in [1.29, 1.82) is 0 Å². The maximum atomic E-state index is 12.3. The van der Waals surface area contributed by atoms with Crippen LogP contribution in [-0.4, -0.2) is 82.6 Å². The summed E-state index contributed by atoms with van der Waals surface area (Å²) in [7, 11) is -3.23. The molecule has 6 aromatic rings. The summed E-state index contributed by atoms with van der Waals surface area (Å²) in [6, 6.07) is 26.8. The van der Waals surface area contributed by atoms with E-state index in [0.717, 1.165) is 76.9 Å². The first kappa shape index (κ1) is 39.8. The van der Waals surface area contributed by atoms with Gasteiger partial charge in [-0.25, -0.2) is 33.1 Å². The van der Waals surface area contributed by atoms with E-state index >= 15 is 0 Å². The molecule has 57 heavy (non-hydrogen) atoms. The van der Waals surface area contributed by atoms with Gasteiger partial charge in [0.05, 0.1) is 27.9 Å². The number of sulfonamides is 1. The summed E-state index contributed by atoms with van der Waals surface area (Å²) in [5, 5.41) is 22.6. The number of phenols is 2. The van der Waals surface area contributed by atoms with Gasteiger partial charge in [0.15, 0.2) is 11.6 Å². The lowest BCUT2D eigenvalue weighted by atomic mass is 10.0. The Morgan fingerprint density at radius 2 is 1.14 bits per heavy atom. The Labute approximate surface area is 334 Å². The first-order valence-electron chi connectivity index (χ1n) is 19.9. The second kappa shape index (κ2) is 17.4. The van der Waals surface area contributed by atoms with Crippen molar-refractivity contribution in [3.8, 4) is 34.3 Å². The van der Waals surface area contributed by atoms with Crippen molar-refractivity contribution in [2.45, 2.75) is 71.4 Å². The van der Waals surface area contributed by atoms with Crippen LogP contribution >= 0.6 is 0 Å². The molecule has 0 unspecified atom stereocenters. The van der Waals surface area contributed by atoms with Gasteiger partial charge < -0.3 is 25.7 Å². The average Bonchev–Trinajstić information content (AvgIpc) is 3.20. The van der Waals surface area contributed by atoms with Crippen LogP contribution in [0.2, 0.25) is 0 Å². The number of nitrogens with two attached hydrogens (primary N) is 1. The number of para-hydroxylation sites is 2. The Morgan fingerprint density at radius 3 is 1.60 bits per heavy atom. The molecule has 0 spiro atoms. The molecule has 4 heterocycles. The molecule has 0 atom stereocenters. The van der Waals surface area contributed by atoms with Gasteiger partial charge in [-0.15, -0.1) is 0 Å². The number of aromatic hydroxyl groups is 2. The van der Waals surface area contributed by atoms with E-state index in [1.807, 2.05) is 56.3 Å². The molecule has 2 fully saturated rings. The maximum absolute atomic E-state index is 12.3. The summed E-state index contributed by atoms with van der Waals surface area (Å²) in [5.74, 6) is 3.31. The van der Waals surface area contributed by atoms with Crippen LogP contribution in [-0.2, 0) is 10.0 Å². The third-order valence-corrected chi connectivity index (χ3v) is 12.2. The van der Waals surface area contributed by atoms with Crippen molar-refractivity contribution in [1.82, 2.24) is 24.7 Å². The van der Waals surface area contributed by atoms with Gasteiger partial charge >= 0.3 is 0 Å². The standard InChI is InChI=1S/C24H30N4O3S.C20H22N4O/c1-3-4-15-32(30,31)27-18-11-13-28(14-12-18)24-19-10-9-17(2)16-21(19)25-23(26-24)20-7-5-6-8-22(20)29;1-13-6-7-15-17(12-13)22-19(16-4-2-3-5-18(16)25)23-20(15)24-10-8-14(21)9-11-24/h5-10,16,18,27,29H,3-4,11-15H2,1-2H3;2-7,12,14,25H,8-11,21H2,1H3. The lowest BCUT2D eigenvalue weighted by Crippen LogP contribution is -2.45.